The predicted molar refractivity (Wildman–Crippen MR) is 70.2 cm³/mol. The van der Waals surface area contributed by atoms with Crippen molar-refractivity contribution >= 4 is 17.1 Å². The summed E-state index contributed by atoms with van der Waals surface area (Å²) >= 11 is 1.57. The van der Waals surface area contributed by atoms with E-state index in [1.54, 1.807) is 17.5 Å². The zero-order valence-electron chi connectivity index (χ0n) is 10.5. The molecule has 94 valence electrons. The van der Waals surface area contributed by atoms with Gasteiger partial charge in [-0.15, -0.1) is 11.3 Å². The van der Waals surface area contributed by atoms with Crippen LogP contribution < -0.4 is 5.32 Å². The lowest BCUT2D eigenvalue weighted by Gasteiger charge is -2.36. The molecule has 1 unspecified atom stereocenters. The third kappa shape index (κ3) is 2.93. The fraction of sp³-hybridized carbons (Fsp3) is 0.692. The van der Waals surface area contributed by atoms with E-state index in [1.165, 1.54) is 6.42 Å². The van der Waals surface area contributed by atoms with Crippen molar-refractivity contribution in [3.8, 4) is 0 Å². The highest BCUT2D eigenvalue weighted by Gasteiger charge is 2.36. The van der Waals surface area contributed by atoms with Crippen LogP contribution in [0.15, 0.2) is 11.6 Å². The smallest absolute Gasteiger partial charge is 0.145 e. The van der Waals surface area contributed by atoms with Gasteiger partial charge in [0, 0.05) is 17.0 Å². The maximum Gasteiger partial charge on any atom is 0.145 e. The molecule has 1 fully saturated rings. The number of Topliss-reactive ketones (excluding diaryl/α,β-unsaturated/α-hetero) is 1. The first-order valence-corrected chi connectivity index (χ1v) is 7.11. The number of carbonyl (C=O) groups excluding carboxylic acids is 1. The van der Waals surface area contributed by atoms with Gasteiger partial charge in [0.1, 0.15) is 5.78 Å². The Hall–Kier alpha value is -0.740. The van der Waals surface area contributed by atoms with E-state index in [2.05, 4.69) is 24.1 Å². The van der Waals surface area contributed by atoms with Crippen LogP contribution in [0, 0.1) is 11.3 Å². The normalized spacial score (nSPS) is 21.4. The summed E-state index contributed by atoms with van der Waals surface area (Å²) in [5, 5.41) is 6.25. The Bertz CT molecular complexity index is 367. The van der Waals surface area contributed by atoms with Gasteiger partial charge in [0.25, 0.3) is 0 Å². The second-order valence-electron chi connectivity index (χ2n) is 5.29. The number of piperidine rings is 1. The van der Waals surface area contributed by atoms with E-state index in [4.69, 9.17) is 0 Å². The van der Waals surface area contributed by atoms with Crippen molar-refractivity contribution in [3.63, 3.8) is 0 Å². The molecule has 2 rings (SSSR count). The van der Waals surface area contributed by atoms with Crippen LogP contribution in [-0.4, -0.2) is 23.9 Å². The fourth-order valence-electron chi connectivity index (χ4n) is 2.40. The van der Waals surface area contributed by atoms with E-state index in [0.717, 1.165) is 24.5 Å². The lowest BCUT2D eigenvalue weighted by Crippen LogP contribution is -2.43. The van der Waals surface area contributed by atoms with Gasteiger partial charge in [0.2, 0.25) is 0 Å². The maximum absolute atomic E-state index is 12.4. The largest absolute Gasteiger partial charge is 0.316 e. The molecule has 1 aliphatic heterocycles. The predicted octanol–water partition coefficient (Wildman–Crippen LogP) is 2.28. The van der Waals surface area contributed by atoms with Crippen LogP contribution in [0.3, 0.4) is 0 Å². The number of aromatic nitrogens is 1. The second-order valence-corrected chi connectivity index (χ2v) is 6.27. The molecule has 1 saturated heterocycles. The molecule has 0 aromatic carbocycles. The third-order valence-electron chi connectivity index (χ3n) is 3.83. The average Bonchev–Trinajstić information content (AvgIpc) is 2.83. The first-order chi connectivity index (χ1) is 8.10. The number of rotatable bonds is 4. The van der Waals surface area contributed by atoms with E-state index in [1.807, 2.05) is 5.38 Å². The summed E-state index contributed by atoms with van der Waals surface area (Å²) in [4.78, 5) is 16.6. The monoisotopic (exact) mass is 252 g/mol. The summed E-state index contributed by atoms with van der Waals surface area (Å²) in [5.74, 6) is 0.782. The van der Waals surface area contributed by atoms with E-state index < -0.39 is 0 Å². The lowest BCUT2D eigenvalue weighted by atomic mass is 9.71. The fourth-order valence-corrected chi connectivity index (χ4v) is 3.02. The van der Waals surface area contributed by atoms with Gasteiger partial charge < -0.3 is 5.32 Å². The van der Waals surface area contributed by atoms with Crippen molar-refractivity contribution in [2.24, 2.45) is 11.3 Å². The van der Waals surface area contributed by atoms with Crippen LogP contribution in [-0.2, 0) is 11.2 Å². The maximum atomic E-state index is 12.4. The molecule has 4 heteroatoms. The molecule has 0 bridgehead atoms. The first kappa shape index (κ1) is 12.7. The van der Waals surface area contributed by atoms with Gasteiger partial charge in [-0.25, -0.2) is 4.98 Å². The number of nitrogens with one attached hydrogen (secondary N) is 1. The summed E-state index contributed by atoms with van der Waals surface area (Å²) < 4.78 is 0. The van der Waals surface area contributed by atoms with Crippen LogP contribution in [0.25, 0.3) is 0 Å². The highest BCUT2D eigenvalue weighted by atomic mass is 32.1. The van der Waals surface area contributed by atoms with Crippen LogP contribution in [0.5, 0.6) is 0 Å². The molecule has 1 aromatic heterocycles. The molecule has 1 aliphatic rings. The SMILES string of the molecule is CC(C)(C(=O)Cc1nccs1)C1CCCNC1. The van der Waals surface area contributed by atoms with Crippen molar-refractivity contribution in [2.45, 2.75) is 33.1 Å². The van der Waals surface area contributed by atoms with Gasteiger partial charge in [-0.05, 0) is 31.8 Å². The molecule has 0 spiro atoms. The van der Waals surface area contributed by atoms with E-state index in [-0.39, 0.29) is 5.41 Å². The highest BCUT2D eigenvalue weighted by Crippen LogP contribution is 2.33. The number of nitrogens with zero attached hydrogens (tertiary/aromatic N) is 1. The molecule has 0 radical (unpaired) electrons. The Balaban J connectivity index is 2.00. The Morgan fingerprint density at radius 1 is 1.65 bits per heavy atom. The molecular weight excluding hydrogens is 232 g/mol. The molecular formula is C13H20N2OS. The first-order valence-electron chi connectivity index (χ1n) is 6.23. The summed E-state index contributed by atoms with van der Waals surface area (Å²) in [6, 6.07) is 0. The number of thiazole rings is 1. The Morgan fingerprint density at radius 2 is 2.47 bits per heavy atom. The summed E-state index contributed by atoms with van der Waals surface area (Å²) in [6.07, 6.45) is 4.59. The molecule has 1 N–H and O–H groups in total. The number of ketones is 1. The average molecular weight is 252 g/mol. The van der Waals surface area contributed by atoms with Gasteiger partial charge in [-0.3, -0.25) is 4.79 Å². The zero-order valence-corrected chi connectivity index (χ0v) is 11.3. The van der Waals surface area contributed by atoms with E-state index in [0.29, 0.717) is 18.1 Å². The molecule has 1 atom stereocenters. The van der Waals surface area contributed by atoms with Crippen molar-refractivity contribution in [1.82, 2.24) is 10.3 Å². The van der Waals surface area contributed by atoms with Crippen molar-refractivity contribution in [2.75, 3.05) is 13.1 Å². The minimum absolute atomic E-state index is 0.237. The highest BCUT2D eigenvalue weighted by molar-refractivity contribution is 7.09. The number of hydrogen-bond donors (Lipinski definition) is 1. The van der Waals surface area contributed by atoms with Gasteiger partial charge in [-0.2, -0.15) is 0 Å². The van der Waals surface area contributed by atoms with Crippen molar-refractivity contribution < 1.29 is 4.79 Å². The minimum Gasteiger partial charge on any atom is -0.316 e. The molecule has 0 aliphatic carbocycles. The van der Waals surface area contributed by atoms with Crippen LogP contribution >= 0.6 is 11.3 Å². The van der Waals surface area contributed by atoms with Gasteiger partial charge in [0.05, 0.1) is 11.4 Å². The molecule has 0 saturated carbocycles. The Labute approximate surface area is 107 Å². The van der Waals surface area contributed by atoms with E-state index >= 15 is 0 Å². The minimum atomic E-state index is -0.237. The summed E-state index contributed by atoms with van der Waals surface area (Å²) in [7, 11) is 0. The topological polar surface area (TPSA) is 42.0 Å². The molecule has 17 heavy (non-hydrogen) atoms. The third-order valence-corrected chi connectivity index (χ3v) is 4.61. The number of hydrogen-bond acceptors (Lipinski definition) is 4. The van der Waals surface area contributed by atoms with Crippen LogP contribution in [0.4, 0.5) is 0 Å². The quantitative estimate of drug-likeness (QED) is 0.894. The number of carbonyl (C=O) groups is 1. The standard InChI is InChI=1S/C13H20N2OS/c1-13(2,10-4-3-5-14-9-10)11(16)8-12-15-6-7-17-12/h6-7,10,14H,3-5,8-9H2,1-2H3. The van der Waals surface area contributed by atoms with E-state index in [9.17, 15) is 4.79 Å². The molecule has 1 aromatic rings. The van der Waals surface area contributed by atoms with Gasteiger partial charge in [0.15, 0.2) is 0 Å². The Kier molecular flexibility index (Phi) is 3.94. The summed E-state index contributed by atoms with van der Waals surface area (Å²) in [6.45, 7) is 6.23. The molecule has 0 amide bonds. The second kappa shape index (κ2) is 5.27. The molecule has 2 heterocycles. The van der Waals surface area contributed by atoms with Crippen molar-refractivity contribution in [3.05, 3.63) is 16.6 Å². The summed E-state index contributed by atoms with van der Waals surface area (Å²) in [5.41, 5.74) is -0.237. The van der Waals surface area contributed by atoms with Crippen molar-refractivity contribution in [1.29, 1.82) is 0 Å². The van der Waals surface area contributed by atoms with Gasteiger partial charge in [-0.1, -0.05) is 13.8 Å². The van der Waals surface area contributed by atoms with Crippen LogP contribution in [0.1, 0.15) is 31.7 Å². The van der Waals surface area contributed by atoms with Gasteiger partial charge >= 0.3 is 0 Å². The lowest BCUT2D eigenvalue weighted by molar-refractivity contribution is -0.129. The molecule has 3 nitrogen and oxygen atoms in total. The Morgan fingerprint density at radius 3 is 3.06 bits per heavy atom. The van der Waals surface area contributed by atoms with Crippen LogP contribution in [0.2, 0.25) is 0 Å². The zero-order chi connectivity index (χ0) is 12.3.